The van der Waals surface area contributed by atoms with E-state index in [9.17, 15) is 14.3 Å². The fraction of sp³-hybridized carbons (Fsp3) is 0.267. The van der Waals surface area contributed by atoms with Crippen LogP contribution in [0.5, 0.6) is 0 Å². The Labute approximate surface area is 135 Å². The Hall–Kier alpha value is -2.48. The van der Waals surface area contributed by atoms with Crippen molar-refractivity contribution in [1.82, 2.24) is 14.6 Å². The summed E-state index contributed by atoms with van der Waals surface area (Å²) < 4.78 is 14.5. The molecular weight excluding hydrogens is 319 g/mol. The van der Waals surface area contributed by atoms with Gasteiger partial charge in [0.25, 0.3) is 0 Å². The van der Waals surface area contributed by atoms with E-state index < -0.39 is 12.0 Å². The maximum atomic E-state index is 13.0. The third kappa shape index (κ3) is 3.16. The molecule has 0 spiro atoms. The normalized spacial score (nSPS) is 12.7. The number of rotatable bonds is 5. The maximum absolute atomic E-state index is 13.0. The summed E-state index contributed by atoms with van der Waals surface area (Å²) in [6.07, 6.45) is 1.73. The van der Waals surface area contributed by atoms with Crippen molar-refractivity contribution in [2.75, 3.05) is 5.32 Å². The van der Waals surface area contributed by atoms with Crippen LogP contribution in [0, 0.1) is 11.7 Å². The summed E-state index contributed by atoms with van der Waals surface area (Å²) in [5, 5.41) is 16.9. The van der Waals surface area contributed by atoms with E-state index in [1.165, 1.54) is 23.5 Å². The van der Waals surface area contributed by atoms with Gasteiger partial charge in [-0.3, -0.25) is 0 Å². The van der Waals surface area contributed by atoms with Crippen molar-refractivity contribution in [1.29, 1.82) is 0 Å². The molecule has 0 aliphatic rings. The Morgan fingerprint density at radius 3 is 2.61 bits per heavy atom. The van der Waals surface area contributed by atoms with Gasteiger partial charge in [0.2, 0.25) is 10.1 Å². The summed E-state index contributed by atoms with van der Waals surface area (Å²) in [5.41, 5.74) is 1.48. The van der Waals surface area contributed by atoms with Crippen LogP contribution in [-0.4, -0.2) is 31.7 Å². The molecule has 0 aliphatic heterocycles. The van der Waals surface area contributed by atoms with Crippen LogP contribution in [-0.2, 0) is 4.79 Å². The van der Waals surface area contributed by atoms with Gasteiger partial charge in [0.05, 0.1) is 11.9 Å². The molecule has 6 nitrogen and oxygen atoms in total. The summed E-state index contributed by atoms with van der Waals surface area (Å²) >= 11 is 1.27. The lowest BCUT2D eigenvalue weighted by Crippen LogP contribution is -2.34. The molecule has 2 N–H and O–H groups in total. The molecule has 0 saturated carbocycles. The number of halogens is 1. The molecule has 2 heterocycles. The lowest BCUT2D eigenvalue weighted by atomic mass is 10.1. The van der Waals surface area contributed by atoms with Crippen LogP contribution in [0.2, 0.25) is 0 Å². The number of nitrogens with one attached hydrogen (secondary N) is 1. The van der Waals surface area contributed by atoms with E-state index in [0.717, 1.165) is 5.56 Å². The SMILES string of the molecule is CC(C)[C@@H](Nc1nn2cc(-c3ccc(F)cc3)nc2s1)C(=O)O. The smallest absolute Gasteiger partial charge is 0.326 e. The van der Waals surface area contributed by atoms with Crippen LogP contribution in [0.25, 0.3) is 16.2 Å². The van der Waals surface area contributed by atoms with E-state index in [-0.39, 0.29) is 11.7 Å². The van der Waals surface area contributed by atoms with Crippen molar-refractivity contribution in [3.63, 3.8) is 0 Å². The molecule has 0 saturated heterocycles. The van der Waals surface area contributed by atoms with Gasteiger partial charge in [-0.25, -0.2) is 18.7 Å². The highest BCUT2D eigenvalue weighted by molar-refractivity contribution is 7.20. The van der Waals surface area contributed by atoms with Gasteiger partial charge in [-0.2, -0.15) is 0 Å². The Morgan fingerprint density at radius 1 is 1.35 bits per heavy atom. The number of imidazole rings is 1. The fourth-order valence-corrected chi connectivity index (χ4v) is 2.98. The number of carboxylic acids is 1. The minimum atomic E-state index is -0.917. The molecule has 0 bridgehead atoms. The first-order chi connectivity index (χ1) is 10.9. The summed E-state index contributed by atoms with van der Waals surface area (Å²) in [6.45, 7) is 3.66. The van der Waals surface area contributed by atoms with E-state index in [4.69, 9.17) is 0 Å². The Morgan fingerprint density at radius 2 is 2.04 bits per heavy atom. The van der Waals surface area contributed by atoms with E-state index in [1.54, 1.807) is 22.8 Å². The summed E-state index contributed by atoms with van der Waals surface area (Å²) in [5.74, 6) is -1.29. The summed E-state index contributed by atoms with van der Waals surface area (Å²) in [4.78, 5) is 16.3. The highest BCUT2D eigenvalue weighted by Gasteiger charge is 2.23. The minimum absolute atomic E-state index is 0.0708. The molecule has 3 rings (SSSR count). The van der Waals surface area contributed by atoms with Crippen molar-refractivity contribution >= 4 is 27.4 Å². The first-order valence-corrected chi connectivity index (χ1v) is 7.87. The number of aliphatic carboxylic acids is 1. The molecule has 1 aromatic carbocycles. The van der Waals surface area contributed by atoms with Crippen molar-refractivity contribution in [2.24, 2.45) is 5.92 Å². The Bertz CT molecular complexity index is 809. The Kier molecular flexibility index (Phi) is 3.99. The molecular formula is C15H15FN4O2S. The summed E-state index contributed by atoms with van der Waals surface area (Å²) in [6, 6.07) is 5.36. The first kappa shape index (κ1) is 15.4. The number of hydrogen-bond donors (Lipinski definition) is 2. The number of anilines is 1. The first-order valence-electron chi connectivity index (χ1n) is 7.05. The number of carbonyl (C=O) groups is 1. The van der Waals surface area contributed by atoms with Crippen LogP contribution in [0.3, 0.4) is 0 Å². The average Bonchev–Trinajstić information content (AvgIpc) is 3.03. The quantitative estimate of drug-likeness (QED) is 0.749. The molecule has 120 valence electrons. The molecule has 8 heteroatoms. The number of aromatic nitrogens is 3. The zero-order valence-electron chi connectivity index (χ0n) is 12.5. The molecule has 0 radical (unpaired) electrons. The molecule has 0 amide bonds. The number of benzene rings is 1. The lowest BCUT2D eigenvalue weighted by molar-refractivity contribution is -0.138. The predicted molar refractivity (Wildman–Crippen MR) is 86.1 cm³/mol. The average molecular weight is 334 g/mol. The standard InChI is InChI=1S/C15H15FN4O2S/c1-8(2)12(13(21)22)18-14-19-20-7-11(17-15(20)23-14)9-3-5-10(16)6-4-9/h3-8,12H,1-2H3,(H,18,19)(H,21,22)/t12-/m1/s1. The molecule has 0 unspecified atom stereocenters. The van der Waals surface area contributed by atoms with Gasteiger partial charge >= 0.3 is 5.97 Å². The second-order valence-electron chi connectivity index (χ2n) is 5.47. The predicted octanol–water partition coefficient (Wildman–Crippen LogP) is 3.12. The number of carboxylic acid groups (broad SMARTS) is 1. The summed E-state index contributed by atoms with van der Waals surface area (Å²) in [7, 11) is 0. The van der Waals surface area contributed by atoms with Crippen molar-refractivity contribution in [3.05, 3.63) is 36.3 Å². The van der Waals surface area contributed by atoms with Crippen LogP contribution in [0.15, 0.2) is 30.5 Å². The van der Waals surface area contributed by atoms with E-state index >= 15 is 0 Å². The van der Waals surface area contributed by atoms with Gasteiger partial charge in [-0.15, -0.1) is 5.10 Å². The van der Waals surface area contributed by atoms with Gasteiger partial charge in [0, 0.05) is 5.56 Å². The van der Waals surface area contributed by atoms with Gasteiger partial charge < -0.3 is 10.4 Å². The van der Waals surface area contributed by atoms with Gasteiger partial charge in [0.15, 0.2) is 0 Å². The zero-order valence-corrected chi connectivity index (χ0v) is 13.3. The third-order valence-electron chi connectivity index (χ3n) is 3.39. The molecule has 1 atom stereocenters. The molecule has 2 aromatic heterocycles. The topological polar surface area (TPSA) is 79.5 Å². The maximum Gasteiger partial charge on any atom is 0.326 e. The Balaban J connectivity index is 1.85. The van der Waals surface area contributed by atoms with Crippen LogP contribution in [0.4, 0.5) is 9.52 Å². The highest BCUT2D eigenvalue weighted by atomic mass is 32.1. The molecule has 0 fully saturated rings. The molecule has 23 heavy (non-hydrogen) atoms. The fourth-order valence-electron chi connectivity index (χ4n) is 2.16. The molecule has 0 aliphatic carbocycles. The largest absolute Gasteiger partial charge is 0.480 e. The highest BCUT2D eigenvalue weighted by Crippen LogP contribution is 2.25. The van der Waals surface area contributed by atoms with Gasteiger partial charge in [0.1, 0.15) is 11.9 Å². The zero-order chi connectivity index (χ0) is 16.6. The second-order valence-corrected chi connectivity index (χ2v) is 6.43. The van der Waals surface area contributed by atoms with E-state index in [2.05, 4.69) is 15.4 Å². The third-order valence-corrected chi connectivity index (χ3v) is 4.25. The number of hydrogen-bond acceptors (Lipinski definition) is 5. The second kappa shape index (κ2) is 5.96. The monoisotopic (exact) mass is 334 g/mol. The van der Waals surface area contributed by atoms with Crippen molar-refractivity contribution < 1.29 is 14.3 Å². The number of nitrogens with zero attached hydrogens (tertiary/aromatic N) is 3. The van der Waals surface area contributed by atoms with Crippen molar-refractivity contribution in [3.8, 4) is 11.3 Å². The van der Waals surface area contributed by atoms with Crippen LogP contribution < -0.4 is 5.32 Å². The van der Waals surface area contributed by atoms with E-state index in [0.29, 0.717) is 15.8 Å². The van der Waals surface area contributed by atoms with Gasteiger partial charge in [-0.05, 0) is 30.2 Å². The number of fused-ring (bicyclic) bond motifs is 1. The lowest BCUT2D eigenvalue weighted by Gasteiger charge is -2.16. The molecule has 3 aromatic rings. The van der Waals surface area contributed by atoms with Crippen molar-refractivity contribution in [2.45, 2.75) is 19.9 Å². The van der Waals surface area contributed by atoms with E-state index in [1.807, 2.05) is 13.8 Å². The van der Waals surface area contributed by atoms with Gasteiger partial charge in [-0.1, -0.05) is 25.2 Å². The minimum Gasteiger partial charge on any atom is -0.480 e. The van der Waals surface area contributed by atoms with Crippen LogP contribution >= 0.6 is 11.3 Å². The van der Waals surface area contributed by atoms with Crippen LogP contribution in [0.1, 0.15) is 13.8 Å².